The minimum Gasteiger partial charge on any atom is -0.508 e. The van der Waals surface area contributed by atoms with Gasteiger partial charge in [0.05, 0.1) is 12.4 Å². The third-order valence-corrected chi connectivity index (χ3v) is 2.19. The van der Waals surface area contributed by atoms with Crippen molar-refractivity contribution in [2.24, 2.45) is 0 Å². The van der Waals surface area contributed by atoms with Gasteiger partial charge in [0.2, 0.25) is 0 Å². The molecule has 1 unspecified atom stereocenters. The van der Waals surface area contributed by atoms with Gasteiger partial charge in [-0.25, -0.2) is 4.21 Å². The lowest BCUT2D eigenvalue weighted by atomic mass is 10.1. The second-order valence-corrected chi connectivity index (χ2v) is 3.52. The Morgan fingerprint density at radius 3 is 2.54 bits per heavy atom. The first-order chi connectivity index (χ1) is 6.13. The summed E-state index contributed by atoms with van der Waals surface area (Å²) in [4.78, 5) is 0. The van der Waals surface area contributed by atoms with E-state index in [4.69, 9.17) is 9.66 Å². The third-order valence-electron chi connectivity index (χ3n) is 1.61. The van der Waals surface area contributed by atoms with Crippen LogP contribution in [0.1, 0.15) is 11.1 Å². The molecule has 0 spiro atoms. The van der Waals surface area contributed by atoms with Gasteiger partial charge < -0.3 is 14.8 Å². The molecule has 1 aromatic carbocycles. The van der Waals surface area contributed by atoms with Crippen molar-refractivity contribution in [3.63, 3.8) is 0 Å². The van der Waals surface area contributed by atoms with Gasteiger partial charge in [-0.1, -0.05) is 12.1 Å². The van der Waals surface area contributed by atoms with E-state index in [9.17, 15) is 9.32 Å². The van der Waals surface area contributed by atoms with Gasteiger partial charge in [-0.05, 0) is 11.6 Å². The number of rotatable bonds is 3. The topological polar surface area (TPSA) is 77.8 Å². The monoisotopic (exact) mass is 202 g/mol. The Morgan fingerprint density at radius 1 is 1.38 bits per heavy atom. The molecule has 0 fully saturated rings. The zero-order valence-electron chi connectivity index (χ0n) is 6.80. The fraction of sp³-hybridized carbons (Fsp3) is 0.250. The van der Waals surface area contributed by atoms with Gasteiger partial charge >= 0.3 is 0 Å². The molecule has 4 nitrogen and oxygen atoms in total. The van der Waals surface area contributed by atoms with Crippen LogP contribution in [0.5, 0.6) is 5.75 Å². The Bertz CT molecular complexity index is 324. The number of hydrogen-bond acceptors (Lipinski definition) is 3. The summed E-state index contributed by atoms with van der Waals surface area (Å²) < 4.78 is 19.0. The van der Waals surface area contributed by atoms with Crippen LogP contribution < -0.4 is 0 Å². The van der Waals surface area contributed by atoms with Gasteiger partial charge in [0, 0.05) is 5.56 Å². The zero-order valence-corrected chi connectivity index (χ0v) is 7.62. The smallest absolute Gasteiger partial charge is 0.157 e. The van der Waals surface area contributed by atoms with Gasteiger partial charge in [-0.3, -0.25) is 0 Å². The SMILES string of the molecule is O=S(O)Cc1ccc(CO)c(O)c1. The molecule has 0 radical (unpaired) electrons. The molecule has 1 atom stereocenters. The van der Waals surface area contributed by atoms with Crippen LogP contribution in [0, 0.1) is 0 Å². The first-order valence-electron chi connectivity index (χ1n) is 3.62. The van der Waals surface area contributed by atoms with Gasteiger partial charge in [0.1, 0.15) is 5.75 Å². The quantitative estimate of drug-likeness (QED) is 0.627. The summed E-state index contributed by atoms with van der Waals surface area (Å²) in [5.41, 5.74) is 0.975. The lowest BCUT2D eigenvalue weighted by Crippen LogP contribution is -1.94. The molecule has 0 bridgehead atoms. The van der Waals surface area contributed by atoms with E-state index in [2.05, 4.69) is 0 Å². The molecular weight excluding hydrogens is 192 g/mol. The van der Waals surface area contributed by atoms with Crippen LogP contribution in [0.3, 0.4) is 0 Å². The van der Waals surface area contributed by atoms with Gasteiger partial charge in [-0.15, -0.1) is 0 Å². The first kappa shape index (κ1) is 10.2. The average molecular weight is 202 g/mol. The van der Waals surface area contributed by atoms with Crippen molar-refractivity contribution in [2.75, 3.05) is 0 Å². The summed E-state index contributed by atoms with van der Waals surface area (Å²) in [7, 11) is 0. The van der Waals surface area contributed by atoms with Crippen molar-refractivity contribution in [1.82, 2.24) is 0 Å². The molecule has 5 heteroatoms. The van der Waals surface area contributed by atoms with Gasteiger partial charge in [-0.2, -0.15) is 0 Å². The number of aliphatic hydroxyl groups excluding tert-OH is 1. The van der Waals surface area contributed by atoms with Crippen LogP contribution in [0.25, 0.3) is 0 Å². The van der Waals surface area contributed by atoms with E-state index >= 15 is 0 Å². The lowest BCUT2D eigenvalue weighted by molar-refractivity contribution is 0.275. The molecule has 1 aromatic rings. The number of hydrogen-bond donors (Lipinski definition) is 3. The Morgan fingerprint density at radius 2 is 2.08 bits per heavy atom. The molecule has 3 N–H and O–H groups in total. The fourth-order valence-electron chi connectivity index (χ4n) is 0.975. The Balaban J connectivity index is 2.89. The number of phenols is 1. The molecule has 0 heterocycles. The maximum absolute atomic E-state index is 10.4. The van der Waals surface area contributed by atoms with Crippen molar-refractivity contribution < 1.29 is 19.0 Å². The van der Waals surface area contributed by atoms with E-state index in [1.54, 1.807) is 6.07 Å². The minimum atomic E-state index is -1.91. The van der Waals surface area contributed by atoms with E-state index in [1.807, 2.05) is 0 Å². The highest BCUT2D eigenvalue weighted by Crippen LogP contribution is 2.19. The van der Waals surface area contributed by atoms with Crippen LogP contribution in [0.2, 0.25) is 0 Å². The van der Waals surface area contributed by atoms with Crippen molar-refractivity contribution in [3.8, 4) is 5.75 Å². The molecule has 0 aliphatic heterocycles. The average Bonchev–Trinajstić information content (AvgIpc) is 2.03. The Hall–Kier alpha value is -0.910. The summed E-state index contributed by atoms with van der Waals surface area (Å²) in [6, 6.07) is 4.50. The highest BCUT2D eigenvalue weighted by molar-refractivity contribution is 7.78. The van der Waals surface area contributed by atoms with Gasteiger partial charge in [0.25, 0.3) is 0 Å². The molecule has 0 aromatic heterocycles. The highest BCUT2D eigenvalue weighted by atomic mass is 32.2. The molecule has 0 aliphatic rings. The second kappa shape index (κ2) is 4.36. The Kier molecular flexibility index (Phi) is 3.41. The molecular formula is C8H10O4S. The van der Waals surface area contributed by atoms with Crippen LogP contribution in [0.4, 0.5) is 0 Å². The first-order valence-corrected chi connectivity index (χ1v) is 4.90. The van der Waals surface area contributed by atoms with E-state index in [1.165, 1.54) is 12.1 Å². The summed E-state index contributed by atoms with van der Waals surface area (Å²) in [5.74, 6) is -0.0651. The summed E-state index contributed by atoms with van der Waals surface area (Å²) in [6.45, 7) is -0.242. The third kappa shape index (κ3) is 2.80. The van der Waals surface area contributed by atoms with Crippen LogP contribution in [0.15, 0.2) is 18.2 Å². The molecule has 0 amide bonds. The molecule has 72 valence electrons. The van der Waals surface area contributed by atoms with Crippen molar-refractivity contribution in [3.05, 3.63) is 29.3 Å². The standard InChI is InChI=1S/C8H10O4S/c9-4-7-2-1-6(3-8(7)10)5-13(11)12/h1-3,9-10H,4-5H2,(H,11,12). The van der Waals surface area contributed by atoms with Crippen molar-refractivity contribution >= 4 is 11.1 Å². The van der Waals surface area contributed by atoms with Crippen molar-refractivity contribution in [2.45, 2.75) is 12.4 Å². The lowest BCUT2D eigenvalue weighted by Gasteiger charge is -2.02. The zero-order chi connectivity index (χ0) is 9.84. The predicted molar refractivity (Wildman–Crippen MR) is 48.5 cm³/mol. The van der Waals surface area contributed by atoms with Crippen LogP contribution >= 0.6 is 0 Å². The highest BCUT2D eigenvalue weighted by Gasteiger charge is 2.03. The van der Waals surface area contributed by atoms with Crippen LogP contribution in [-0.4, -0.2) is 19.0 Å². The summed E-state index contributed by atoms with van der Waals surface area (Å²) in [5, 5.41) is 18.0. The fourth-order valence-corrected chi connectivity index (χ4v) is 1.44. The normalized spacial score (nSPS) is 12.8. The molecule has 0 aliphatic carbocycles. The summed E-state index contributed by atoms with van der Waals surface area (Å²) >= 11 is -1.91. The van der Waals surface area contributed by atoms with E-state index < -0.39 is 11.1 Å². The number of benzene rings is 1. The predicted octanol–water partition coefficient (Wildman–Crippen LogP) is 0.606. The minimum absolute atomic E-state index is 0.0146. The molecule has 1 rings (SSSR count). The number of aliphatic hydroxyl groups is 1. The molecule has 0 saturated carbocycles. The van der Waals surface area contributed by atoms with E-state index in [0.29, 0.717) is 11.1 Å². The Labute approximate surface area is 78.1 Å². The largest absolute Gasteiger partial charge is 0.508 e. The maximum atomic E-state index is 10.4. The molecule has 0 saturated heterocycles. The van der Waals surface area contributed by atoms with Gasteiger partial charge in [0.15, 0.2) is 11.1 Å². The number of aromatic hydroxyl groups is 1. The van der Waals surface area contributed by atoms with E-state index in [0.717, 1.165) is 0 Å². The molecule has 13 heavy (non-hydrogen) atoms. The summed E-state index contributed by atoms with van der Waals surface area (Å²) in [6.07, 6.45) is 0. The second-order valence-electron chi connectivity index (χ2n) is 2.59. The van der Waals surface area contributed by atoms with Crippen LogP contribution in [-0.2, 0) is 23.4 Å². The van der Waals surface area contributed by atoms with E-state index in [-0.39, 0.29) is 18.1 Å². The maximum Gasteiger partial charge on any atom is 0.157 e. The van der Waals surface area contributed by atoms with Crippen molar-refractivity contribution in [1.29, 1.82) is 0 Å².